The largest absolute Gasteiger partial charge is 0.391 e. The second kappa shape index (κ2) is 11.6. The monoisotopic (exact) mass is 496 g/mol. The van der Waals surface area contributed by atoms with Gasteiger partial charge in [-0.3, -0.25) is 9.69 Å². The topological polar surface area (TPSA) is 128 Å². The fraction of sp³-hybridized carbons (Fsp3) is 0.522. The summed E-state index contributed by atoms with van der Waals surface area (Å²) in [6.45, 7) is 2.44. The molecule has 1 aromatic heterocycles. The molecule has 1 aliphatic heterocycles. The van der Waals surface area contributed by atoms with Crippen molar-refractivity contribution < 1.29 is 28.2 Å². The van der Waals surface area contributed by atoms with Gasteiger partial charge in [-0.2, -0.15) is 13.2 Å². The molecule has 12 heteroatoms. The minimum Gasteiger partial charge on any atom is -0.391 e. The highest BCUT2D eigenvalue weighted by Crippen LogP contribution is 2.28. The molecular formula is C23H31F3N6O3. The number of amides is 1. The van der Waals surface area contributed by atoms with E-state index in [9.17, 15) is 18.7 Å². The number of aromatic nitrogens is 2. The van der Waals surface area contributed by atoms with Gasteiger partial charge >= 0.3 is 0 Å². The van der Waals surface area contributed by atoms with Crippen molar-refractivity contribution in [1.29, 1.82) is 0 Å². The minimum atomic E-state index is -3.33. The van der Waals surface area contributed by atoms with E-state index in [1.54, 1.807) is 9.80 Å². The maximum Gasteiger partial charge on any atom is 0.295 e. The average Bonchev–Trinajstić information content (AvgIpc) is 2.83. The number of hydrogen-bond donors (Lipinski definition) is 4. The number of carbonyl (C=O) groups excluding carboxylic acids is 1. The van der Waals surface area contributed by atoms with E-state index in [4.69, 9.17) is 10.8 Å². The van der Waals surface area contributed by atoms with Gasteiger partial charge in [-0.1, -0.05) is 24.3 Å². The molecule has 1 saturated heterocycles. The van der Waals surface area contributed by atoms with Gasteiger partial charge in [0.25, 0.3) is 5.92 Å². The highest BCUT2D eigenvalue weighted by molar-refractivity contribution is 5.75. The van der Waals surface area contributed by atoms with E-state index >= 15 is 4.39 Å². The molecule has 5 N–H and O–H groups in total. The third-order valence-electron chi connectivity index (χ3n) is 6.12. The smallest absolute Gasteiger partial charge is 0.295 e. The van der Waals surface area contributed by atoms with Crippen LogP contribution in [0.5, 0.6) is 0 Å². The van der Waals surface area contributed by atoms with Crippen LogP contribution in [-0.2, 0) is 17.3 Å². The number of alkyl halides is 2. The summed E-state index contributed by atoms with van der Waals surface area (Å²) in [7, 11) is 0. The molecule has 0 aliphatic carbocycles. The zero-order valence-corrected chi connectivity index (χ0v) is 19.5. The summed E-state index contributed by atoms with van der Waals surface area (Å²) in [5, 5.41) is 22.2. The van der Waals surface area contributed by atoms with Crippen LogP contribution in [0.1, 0.15) is 24.5 Å². The fourth-order valence-corrected chi connectivity index (χ4v) is 4.08. The summed E-state index contributed by atoms with van der Waals surface area (Å²) < 4.78 is 42.5. The Bertz CT molecular complexity index is 995. The summed E-state index contributed by atoms with van der Waals surface area (Å²) in [6, 6.07) is 5.49. The maximum absolute atomic E-state index is 15.3. The van der Waals surface area contributed by atoms with Crippen LogP contribution in [0.2, 0.25) is 0 Å². The molecule has 2 atom stereocenters. The third kappa shape index (κ3) is 6.80. The number of piperidine rings is 1. The highest BCUT2D eigenvalue weighted by atomic mass is 19.3. The predicted octanol–water partition coefficient (Wildman–Crippen LogP) is 1.31. The molecule has 1 fully saturated rings. The number of aliphatic hydroxyl groups is 2. The number of rotatable bonds is 11. The van der Waals surface area contributed by atoms with Gasteiger partial charge in [0.05, 0.1) is 12.6 Å². The summed E-state index contributed by atoms with van der Waals surface area (Å²) >= 11 is 0. The van der Waals surface area contributed by atoms with Gasteiger partial charge in [0.15, 0.2) is 11.6 Å². The first kappa shape index (κ1) is 26.6. The Labute approximate surface area is 201 Å². The Morgan fingerprint density at radius 1 is 1.31 bits per heavy atom. The van der Waals surface area contributed by atoms with Gasteiger partial charge in [0, 0.05) is 37.7 Å². The van der Waals surface area contributed by atoms with Crippen LogP contribution in [0.25, 0.3) is 0 Å². The number of β-amino-alcohol motifs (C(OH)–C–C–N with tert-alkyl or cyclic N) is 1. The van der Waals surface area contributed by atoms with E-state index < -0.39 is 30.4 Å². The Hall–Kier alpha value is -2.96. The van der Waals surface area contributed by atoms with Gasteiger partial charge < -0.3 is 26.2 Å². The minimum absolute atomic E-state index is 0.00171. The van der Waals surface area contributed by atoms with Crippen LogP contribution in [0, 0.1) is 11.7 Å². The Kier molecular flexibility index (Phi) is 8.87. The Morgan fingerprint density at radius 2 is 2.03 bits per heavy atom. The SMILES string of the molecule is CCN(Cc1ccc(C(F)(F)CO)cc1)c1ncnc(NCC2CCN(CC(N)=O)CC2O)c1F. The van der Waals surface area contributed by atoms with Gasteiger partial charge in [-0.15, -0.1) is 0 Å². The molecule has 192 valence electrons. The molecule has 0 spiro atoms. The first-order valence-corrected chi connectivity index (χ1v) is 11.4. The van der Waals surface area contributed by atoms with Crippen molar-refractivity contribution in [3.63, 3.8) is 0 Å². The molecule has 35 heavy (non-hydrogen) atoms. The van der Waals surface area contributed by atoms with Crippen molar-refractivity contribution in [2.45, 2.75) is 31.9 Å². The molecule has 3 rings (SSSR count). The quantitative estimate of drug-likeness (QED) is 0.367. The summed E-state index contributed by atoms with van der Waals surface area (Å²) in [5.74, 6) is -4.53. The molecule has 0 radical (unpaired) electrons. The van der Waals surface area contributed by atoms with Crippen LogP contribution in [0.4, 0.5) is 24.8 Å². The number of anilines is 2. The van der Waals surface area contributed by atoms with Crippen molar-refractivity contribution in [1.82, 2.24) is 14.9 Å². The van der Waals surface area contributed by atoms with E-state index in [1.165, 1.54) is 30.6 Å². The molecule has 2 unspecified atom stereocenters. The standard InChI is InChI=1S/C23H31F3N6O3/c1-2-32(10-15-3-5-17(6-4-15)23(25,26)13-33)22-20(24)21(29-14-30-22)28-9-16-7-8-31(11-18(16)34)12-19(27)35/h3-6,14,16,18,33-34H,2,7-13H2,1H3,(H2,27,35)(H,28,29,30). The number of benzene rings is 1. The lowest BCUT2D eigenvalue weighted by atomic mass is 9.93. The first-order valence-electron chi connectivity index (χ1n) is 11.4. The second-order valence-corrected chi connectivity index (χ2v) is 8.63. The van der Waals surface area contributed by atoms with Gasteiger partial charge in [-0.25, -0.2) is 9.97 Å². The van der Waals surface area contributed by atoms with Crippen LogP contribution in [-0.4, -0.2) is 76.4 Å². The fourth-order valence-electron chi connectivity index (χ4n) is 4.08. The van der Waals surface area contributed by atoms with Crippen molar-refractivity contribution in [3.05, 3.63) is 47.5 Å². The zero-order chi connectivity index (χ0) is 25.6. The van der Waals surface area contributed by atoms with Gasteiger partial charge in [0.1, 0.15) is 12.9 Å². The number of nitrogens with two attached hydrogens (primary N) is 1. The van der Waals surface area contributed by atoms with E-state index in [-0.39, 0.29) is 42.8 Å². The maximum atomic E-state index is 15.3. The van der Waals surface area contributed by atoms with Crippen molar-refractivity contribution in [2.75, 3.05) is 49.5 Å². The van der Waals surface area contributed by atoms with E-state index in [1.807, 2.05) is 6.92 Å². The normalized spacial score (nSPS) is 18.9. The number of nitrogens with one attached hydrogen (secondary N) is 1. The molecule has 2 heterocycles. The summed E-state index contributed by atoms with van der Waals surface area (Å²) in [6.07, 6.45) is 1.14. The van der Waals surface area contributed by atoms with Crippen LogP contribution in [0.3, 0.4) is 0 Å². The number of nitrogens with zero attached hydrogens (tertiary/aromatic N) is 4. The van der Waals surface area contributed by atoms with Gasteiger partial charge in [0.2, 0.25) is 11.7 Å². The molecule has 2 aromatic rings. The lowest BCUT2D eigenvalue weighted by Crippen LogP contribution is -2.48. The number of halogens is 3. The lowest BCUT2D eigenvalue weighted by molar-refractivity contribution is -0.120. The number of aliphatic hydroxyl groups excluding tert-OH is 2. The molecule has 1 amide bonds. The molecule has 0 bridgehead atoms. The summed E-state index contributed by atoms with van der Waals surface area (Å²) in [5.41, 5.74) is 5.58. The Balaban J connectivity index is 1.65. The molecule has 0 saturated carbocycles. The molecule has 9 nitrogen and oxygen atoms in total. The predicted molar refractivity (Wildman–Crippen MR) is 124 cm³/mol. The van der Waals surface area contributed by atoms with Crippen molar-refractivity contribution in [2.24, 2.45) is 11.7 Å². The van der Waals surface area contributed by atoms with Crippen LogP contribution < -0.4 is 16.0 Å². The molecule has 1 aliphatic rings. The number of likely N-dealkylation sites (tertiary alicyclic amines) is 1. The van der Waals surface area contributed by atoms with Crippen molar-refractivity contribution in [3.8, 4) is 0 Å². The highest BCUT2D eigenvalue weighted by Gasteiger charge is 2.30. The summed E-state index contributed by atoms with van der Waals surface area (Å²) in [4.78, 5) is 22.6. The lowest BCUT2D eigenvalue weighted by Gasteiger charge is -2.35. The van der Waals surface area contributed by atoms with E-state index in [0.717, 1.165) is 0 Å². The number of primary amides is 1. The zero-order valence-electron chi connectivity index (χ0n) is 19.5. The van der Waals surface area contributed by atoms with Crippen LogP contribution in [0.15, 0.2) is 30.6 Å². The van der Waals surface area contributed by atoms with E-state index in [0.29, 0.717) is 31.6 Å². The Morgan fingerprint density at radius 3 is 2.63 bits per heavy atom. The van der Waals surface area contributed by atoms with Crippen molar-refractivity contribution >= 4 is 17.5 Å². The van der Waals surface area contributed by atoms with Gasteiger partial charge in [-0.05, 0) is 25.5 Å². The average molecular weight is 497 g/mol. The molecular weight excluding hydrogens is 465 g/mol. The van der Waals surface area contributed by atoms with Crippen LogP contribution >= 0.6 is 0 Å². The van der Waals surface area contributed by atoms with E-state index in [2.05, 4.69) is 15.3 Å². The number of hydrogen-bond acceptors (Lipinski definition) is 8. The number of carbonyl (C=O) groups is 1. The second-order valence-electron chi connectivity index (χ2n) is 8.63. The first-order chi connectivity index (χ1) is 16.6. The molecule has 1 aromatic carbocycles. The third-order valence-corrected chi connectivity index (χ3v) is 6.12.